The molecule has 0 fully saturated rings. The van der Waals surface area contributed by atoms with Gasteiger partial charge in [-0.25, -0.2) is 14.6 Å². The summed E-state index contributed by atoms with van der Waals surface area (Å²) in [6.07, 6.45) is 1.94. The molecule has 0 aliphatic carbocycles. The van der Waals surface area contributed by atoms with Gasteiger partial charge in [-0.2, -0.15) is 0 Å². The van der Waals surface area contributed by atoms with Crippen molar-refractivity contribution >= 4 is 22.9 Å². The average Bonchev–Trinajstić information content (AvgIpc) is 2.63. The predicted molar refractivity (Wildman–Crippen MR) is 95.4 cm³/mol. The number of urea groups is 1. The topological polar surface area (TPSA) is 102 Å². The molecule has 2 amide bonds. The van der Waals surface area contributed by atoms with Gasteiger partial charge in [0, 0.05) is 0 Å². The van der Waals surface area contributed by atoms with E-state index in [9.17, 15) is 14.4 Å². The number of amides is 2. The zero-order chi connectivity index (χ0) is 18.7. The molecule has 1 aliphatic rings. The highest BCUT2D eigenvalue weighted by atomic mass is 16.5. The van der Waals surface area contributed by atoms with Gasteiger partial charge in [-0.1, -0.05) is 19.1 Å². The fraction of sp³-hybridized carbons (Fsp3) is 0.333. The Morgan fingerprint density at radius 3 is 2.77 bits per heavy atom. The van der Waals surface area contributed by atoms with Crippen LogP contribution in [0.15, 0.2) is 46.7 Å². The fourth-order valence-corrected chi connectivity index (χ4v) is 2.98. The first kappa shape index (κ1) is 17.7. The van der Waals surface area contributed by atoms with Crippen LogP contribution in [0.3, 0.4) is 0 Å². The van der Waals surface area contributed by atoms with E-state index in [0.29, 0.717) is 28.6 Å². The smallest absolute Gasteiger partial charge is 0.337 e. The summed E-state index contributed by atoms with van der Waals surface area (Å²) >= 11 is 0. The van der Waals surface area contributed by atoms with Crippen LogP contribution in [0.2, 0.25) is 0 Å². The van der Waals surface area contributed by atoms with E-state index in [4.69, 9.17) is 4.74 Å². The van der Waals surface area contributed by atoms with Crippen molar-refractivity contribution in [2.24, 2.45) is 0 Å². The van der Waals surface area contributed by atoms with Crippen molar-refractivity contribution in [3.8, 4) is 0 Å². The maximum atomic E-state index is 12.7. The quantitative estimate of drug-likeness (QED) is 0.787. The van der Waals surface area contributed by atoms with Gasteiger partial charge in [-0.05, 0) is 25.5 Å². The van der Waals surface area contributed by atoms with Crippen LogP contribution in [0, 0.1) is 0 Å². The van der Waals surface area contributed by atoms with Crippen molar-refractivity contribution in [2.75, 3.05) is 6.61 Å². The molecule has 2 heterocycles. The molecule has 0 saturated heterocycles. The molecule has 0 unspecified atom stereocenters. The molecule has 26 heavy (non-hydrogen) atoms. The minimum Gasteiger partial charge on any atom is -0.463 e. The third-order valence-electron chi connectivity index (χ3n) is 4.21. The third kappa shape index (κ3) is 3.30. The standard InChI is InChI=1S/C18H20N4O4/c1-3-12-15(17(24)26-4-2)14(21-18(25)20-12)9-22-10-19-13-8-6-5-7-11(13)16(22)23/h5-8,10,12H,3-4,9H2,1-2H3,(H2,20,21,25)/t12-/m0/s1. The number of rotatable bonds is 5. The number of esters is 1. The summed E-state index contributed by atoms with van der Waals surface area (Å²) in [5.41, 5.74) is 1.02. The van der Waals surface area contributed by atoms with E-state index in [0.717, 1.165) is 0 Å². The fourth-order valence-electron chi connectivity index (χ4n) is 2.98. The summed E-state index contributed by atoms with van der Waals surface area (Å²) < 4.78 is 6.50. The molecular formula is C18H20N4O4. The minimum absolute atomic E-state index is 0.0226. The number of nitrogens with one attached hydrogen (secondary N) is 2. The Morgan fingerprint density at radius 1 is 1.27 bits per heavy atom. The number of allylic oxidation sites excluding steroid dienone is 1. The molecule has 136 valence electrons. The van der Waals surface area contributed by atoms with E-state index in [1.807, 2.05) is 6.92 Å². The molecular weight excluding hydrogens is 336 g/mol. The second-order valence-electron chi connectivity index (χ2n) is 5.87. The van der Waals surface area contributed by atoms with E-state index in [-0.39, 0.29) is 18.7 Å². The Hall–Kier alpha value is -3.16. The SMILES string of the molecule is CCOC(=O)C1=C(Cn2cnc3ccccc3c2=O)NC(=O)N[C@H]1CC. The van der Waals surface area contributed by atoms with Crippen molar-refractivity contribution in [1.29, 1.82) is 0 Å². The first-order chi connectivity index (χ1) is 12.5. The maximum Gasteiger partial charge on any atom is 0.337 e. The summed E-state index contributed by atoms with van der Waals surface area (Å²) in [6, 6.07) is 6.13. The van der Waals surface area contributed by atoms with Gasteiger partial charge in [0.25, 0.3) is 5.56 Å². The van der Waals surface area contributed by atoms with Crippen molar-refractivity contribution in [3.63, 3.8) is 0 Å². The highest BCUT2D eigenvalue weighted by Crippen LogP contribution is 2.18. The molecule has 0 spiro atoms. The Balaban J connectivity index is 2.06. The van der Waals surface area contributed by atoms with Crippen LogP contribution >= 0.6 is 0 Å². The minimum atomic E-state index is -0.511. The van der Waals surface area contributed by atoms with Crippen molar-refractivity contribution in [2.45, 2.75) is 32.9 Å². The molecule has 1 aromatic heterocycles. The van der Waals surface area contributed by atoms with Crippen LogP contribution in [-0.2, 0) is 16.1 Å². The van der Waals surface area contributed by atoms with Gasteiger partial charge in [-0.15, -0.1) is 0 Å². The maximum absolute atomic E-state index is 12.7. The predicted octanol–water partition coefficient (Wildman–Crippen LogP) is 1.31. The van der Waals surface area contributed by atoms with Crippen LogP contribution < -0.4 is 16.2 Å². The van der Waals surface area contributed by atoms with E-state index in [1.54, 1.807) is 31.2 Å². The van der Waals surface area contributed by atoms with Gasteiger partial charge >= 0.3 is 12.0 Å². The molecule has 8 nitrogen and oxygen atoms in total. The number of hydrogen-bond acceptors (Lipinski definition) is 5. The van der Waals surface area contributed by atoms with Crippen molar-refractivity contribution in [3.05, 3.63) is 52.2 Å². The molecule has 0 saturated carbocycles. The molecule has 2 aromatic rings. The van der Waals surface area contributed by atoms with Gasteiger partial charge in [-0.3, -0.25) is 9.36 Å². The van der Waals surface area contributed by atoms with E-state index < -0.39 is 18.0 Å². The third-order valence-corrected chi connectivity index (χ3v) is 4.21. The monoisotopic (exact) mass is 356 g/mol. The van der Waals surface area contributed by atoms with Gasteiger partial charge in [0.05, 0.1) is 47.7 Å². The average molecular weight is 356 g/mol. The highest BCUT2D eigenvalue weighted by Gasteiger charge is 2.31. The van der Waals surface area contributed by atoms with Crippen LogP contribution in [0.1, 0.15) is 20.3 Å². The lowest BCUT2D eigenvalue weighted by molar-refractivity contribution is -0.139. The lowest BCUT2D eigenvalue weighted by atomic mass is 10.00. The number of aromatic nitrogens is 2. The zero-order valence-electron chi connectivity index (χ0n) is 14.6. The summed E-state index contributed by atoms with van der Waals surface area (Å²) in [7, 11) is 0. The van der Waals surface area contributed by atoms with Gasteiger partial charge < -0.3 is 15.4 Å². The van der Waals surface area contributed by atoms with E-state index in [2.05, 4.69) is 15.6 Å². The molecule has 8 heteroatoms. The van der Waals surface area contributed by atoms with Crippen LogP contribution in [0.4, 0.5) is 4.79 Å². The second-order valence-corrected chi connectivity index (χ2v) is 5.87. The molecule has 1 aliphatic heterocycles. The number of hydrogen-bond donors (Lipinski definition) is 2. The number of nitrogens with zero attached hydrogens (tertiary/aromatic N) is 2. The van der Waals surface area contributed by atoms with E-state index in [1.165, 1.54) is 10.9 Å². The van der Waals surface area contributed by atoms with Crippen LogP contribution in [0.5, 0.6) is 0 Å². The first-order valence-electron chi connectivity index (χ1n) is 8.47. The lowest BCUT2D eigenvalue weighted by Crippen LogP contribution is -2.51. The first-order valence-corrected chi connectivity index (χ1v) is 8.47. The normalized spacial score (nSPS) is 17.0. The second kappa shape index (κ2) is 7.38. The molecule has 1 aromatic carbocycles. The van der Waals surface area contributed by atoms with E-state index >= 15 is 0 Å². The molecule has 0 bridgehead atoms. The number of ether oxygens (including phenoxy) is 1. The molecule has 3 rings (SSSR count). The number of fused-ring (bicyclic) bond motifs is 1. The largest absolute Gasteiger partial charge is 0.463 e. The van der Waals surface area contributed by atoms with Gasteiger partial charge in [0.15, 0.2) is 0 Å². The summed E-state index contributed by atoms with van der Waals surface area (Å²) in [5.74, 6) is -0.511. The van der Waals surface area contributed by atoms with Crippen LogP contribution in [0.25, 0.3) is 10.9 Å². The van der Waals surface area contributed by atoms with Crippen molar-refractivity contribution in [1.82, 2.24) is 20.2 Å². The number of para-hydroxylation sites is 1. The van der Waals surface area contributed by atoms with Gasteiger partial charge in [0.2, 0.25) is 0 Å². The highest BCUT2D eigenvalue weighted by molar-refractivity contribution is 5.94. The number of carbonyl (C=O) groups is 2. The Bertz CT molecular complexity index is 948. The summed E-state index contributed by atoms with van der Waals surface area (Å²) in [4.78, 5) is 41.3. The molecule has 1 atom stereocenters. The summed E-state index contributed by atoms with van der Waals surface area (Å²) in [5, 5.41) is 5.81. The lowest BCUT2D eigenvalue weighted by Gasteiger charge is -2.28. The zero-order valence-corrected chi connectivity index (χ0v) is 14.6. The Kier molecular flexibility index (Phi) is 5.01. The number of benzene rings is 1. The molecule has 2 N–H and O–H groups in total. The van der Waals surface area contributed by atoms with Gasteiger partial charge in [0.1, 0.15) is 0 Å². The van der Waals surface area contributed by atoms with Crippen LogP contribution in [-0.4, -0.2) is 34.2 Å². The van der Waals surface area contributed by atoms with Crippen molar-refractivity contribution < 1.29 is 14.3 Å². The Morgan fingerprint density at radius 2 is 2.04 bits per heavy atom. The number of carbonyl (C=O) groups excluding carboxylic acids is 2. The Labute approximate surface area is 149 Å². The summed E-state index contributed by atoms with van der Waals surface area (Å²) in [6.45, 7) is 3.81. The molecule has 0 radical (unpaired) electrons.